The number of likely N-dealkylation sites (tertiary alicyclic amines) is 1. The minimum atomic E-state index is -0.458. The molecule has 1 N–H and O–H groups in total. The van der Waals surface area contributed by atoms with E-state index in [1.807, 2.05) is 39.6 Å². The maximum atomic E-state index is 12.5. The molecule has 0 atom stereocenters. The molecular weight excluding hydrogens is 521 g/mol. The van der Waals surface area contributed by atoms with Crippen molar-refractivity contribution in [3.63, 3.8) is 0 Å². The van der Waals surface area contributed by atoms with Gasteiger partial charge in [0.1, 0.15) is 5.60 Å². The van der Waals surface area contributed by atoms with Gasteiger partial charge in [-0.25, -0.2) is 4.79 Å². The van der Waals surface area contributed by atoms with Crippen LogP contribution in [0.5, 0.6) is 0 Å². The molecule has 188 valence electrons. The maximum absolute atomic E-state index is 12.5. The molecule has 8 nitrogen and oxygen atoms in total. The van der Waals surface area contributed by atoms with Crippen LogP contribution in [-0.2, 0) is 9.47 Å². The molecule has 2 rings (SSSR count). The number of amides is 1. The van der Waals surface area contributed by atoms with Crippen molar-refractivity contribution in [2.75, 3.05) is 67.1 Å². The van der Waals surface area contributed by atoms with Gasteiger partial charge in [0.2, 0.25) is 0 Å². The summed E-state index contributed by atoms with van der Waals surface area (Å²) in [6.45, 7) is 13.6. The van der Waals surface area contributed by atoms with E-state index in [2.05, 4.69) is 34.2 Å². The first kappa shape index (κ1) is 29.2. The Bertz CT molecular complexity index is 595. The lowest BCUT2D eigenvalue weighted by Gasteiger charge is -2.44. The zero-order chi connectivity index (χ0) is 23.1. The highest BCUT2D eigenvalue weighted by Gasteiger charge is 2.35. The predicted octanol–water partition coefficient (Wildman–Crippen LogP) is 3.26. The number of halogens is 1. The number of nitrogens with one attached hydrogen (secondary N) is 1. The lowest BCUT2D eigenvalue weighted by atomic mass is 9.88. The Balaban J connectivity index is 0.00000512. The quantitative estimate of drug-likeness (QED) is 0.302. The van der Waals surface area contributed by atoms with Crippen LogP contribution in [0.25, 0.3) is 0 Å². The van der Waals surface area contributed by atoms with Gasteiger partial charge in [0, 0.05) is 58.5 Å². The van der Waals surface area contributed by atoms with E-state index in [0.717, 1.165) is 71.0 Å². The van der Waals surface area contributed by atoms with E-state index in [0.29, 0.717) is 12.5 Å². The summed E-state index contributed by atoms with van der Waals surface area (Å²) in [4.78, 5) is 23.5. The zero-order valence-electron chi connectivity index (χ0n) is 21.3. The molecule has 2 fully saturated rings. The van der Waals surface area contributed by atoms with Gasteiger partial charge < -0.3 is 29.5 Å². The van der Waals surface area contributed by atoms with Crippen LogP contribution in [0.4, 0.5) is 4.79 Å². The van der Waals surface area contributed by atoms with Gasteiger partial charge in [-0.3, -0.25) is 4.99 Å². The smallest absolute Gasteiger partial charge is 0.410 e. The summed E-state index contributed by atoms with van der Waals surface area (Å²) in [7, 11) is 6.18. The molecule has 0 radical (unpaired) electrons. The predicted molar refractivity (Wildman–Crippen MR) is 141 cm³/mol. The number of guanidine groups is 1. The number of nitrogens with zero attached hydrogens (tertiary/aromatic N) is 4. The standard InChI is InChI=1S/C23H45N5O3.HI/c1-8-27(21(29)31-22(2,3)4)17-19-9-13-28(14-10-19)20(24-5)25-18-23(26(6)7)11-15-30-16-12-23;/h19H,8-18H2,1-7H3,(H,24,25);1H. The van der Waals surface area contributed by atoms with Gasteiger partial charge in [0.05, 0.1) is 0 Å². The van der Waals surface area contributed by atoms with Crippen molar-refractivity contribution >= 4 is 36.0 Å². The molecule has 0 saturated carbocycles. The fourth-order valence-electron chi connectivity index (χ4n) is 4.41. The lowest BCUT2D eigenvalue weighted by molar-refractivity contribution is -0.00533. The Morgan fingerprint density at radius 2 is 1.81 bits per heavy atom. The number of aliphatic imine (C=N–C) groups is 1. The Morgan fingerprint density at radius 3 is 2.28 bits per heavy atom. The van der Waals surface area contributed by atoms with Crippen molar-refractivity contribution in [2.24, 2.45) is 10.9 Å². The van der Waals surface area contributed by atoms with Crippen LogP contribution < -0.4 is 5.32 Å². The fraction of sp³-hybridized carbons (Fsp3) is 0.913. The maximum Gasteiger partial charge on any atom is 0.410 e. The van der Waals surface area contributed by atoms with Gasteiger partial charge in [0.15, 0.2) is 5.96 Å². The first-order chi connectivity index (χ1) is 14.6. The molecule has 1 amide bonds. The number of rotatable bonds is 6. The van der Waals surface area contributed by atoms with Crippen molar-refractivity contribution in [1.82, 2.24) is 20.0 Å². The molecule has 0 unspecified atom stereocenters. The third-order valence-electron chi connectivity index (χ3n) is 6.59. The normalized spacial score (nSPS) is 20.0. The van der Waals surface area contributed by atoms with E-state index in [1.165, 1.54) is 0 Å². The summed E-state index contributed by atoms with van der Waals surface area (Å²) in [5.41, 5.74) is -0.345. The van der Waals surface area contributed by atoms with Crippen molar-refractivity contribution < 1.29 is 14.3 Å². The summed E-state index contributed by atoms with van der Waals surface area (Å²) < 4.78 is 11.2. The lowest BCUT2D eigenvalue weighted by Crippen LogP contribution is -2.58. The van der Waals surface area contributed by atoms with Crippen LogP contribution in [0.2, 0.25) is 0 Å². The SMILES string of the molecule is CCN(CC1CCN(C(=NC)NCC2(N(C)C)CCOCC2)CC1)C(=O)OC(C)(C)C.I. The summed E-state index contributed by atoms with van der Waals surface area (Å²) in [6, 6.07) is 0. The van der Waals surface area contributed by atoms with Crippen molar-refractivity contribution in [1.29, 1.82) is 0 Å². The third kappa shape index (κ3) is 8.52. The van der Waals surface area contributed by atoms with Crippen LogP contribution in [0, 0.1) is 5.92 Å². The van der Waals surface area contributed by atoms with E-state index < -0.39 is 5.60 Å². The molecule has 9 heteroatoms. The van der Waals surface area contributed by atoms with Crippen LogP contribution in [0.3, 0.4) is 0 Å². The molecular formula is C23H46IN5O3. The van der Waals surface area contributed by atoms with Crippen molar-refractivity contribution in [3.05, 3.63) is 0 Å². The average Bonchev–Trinajstić information content (AvgIpc) is 2.72. The van der Waals surface area contributed by atoms with Crippen LogP contribution in [0.15, 0.2) is 4.99 Å². The van der Waals surface area contributed by atoms with E-state index in [9.17, 15) is 4.79 Å². The number of piperidine rings is 1. The summed E-state index contributed by atoms with van der Waals surface area (Å²) in [5, 5.41) is 3.64. The van der Waals surface area contributed by atoms with Gasteiger partial charge >= 0.3 is 6.09 Å². The highest BCUT2D eigenvalue weighted by molar-refractivity contribution is 14.0. The summed E-state index contributed by atoms with van der Waals surface area (Å²) in [5.74, 6) is 1.47. The van der Waals surface area contributed by atoms with E-state index in [1.54, 1.807) is 0 Å². The van der Waals surface area contributed by atoms with E-state index in [4.69, 9.17) is 9.47 Å². The number of hydrogen-bond donors (Lipinski definition) is 1. The van der Waals surface area contributed by atoms with Gasteiger partial charge in [0.25, 0.3) is 0 Å². The number of carbonyl (C=O) groups excluding carboxylic acids is 1. The topological polar surface area (TPSA) is 69.6 Å². The molecule has 0 aromatic rings. The number of hydrogen-bond acceptors (Lipinski definition) is 5. The molecule has 2 aliphatic heterocycles. The Labute approximate surface area is 212 Å². The van der Waals surface area contributed by atoms with E-state index >= 15 is 0 Å². The zero-order valence-corrected chi connectivity index (χ0v) is 23.6. The van der Waals surface area contributed by atoms with Crippen LogP contribution in [-0.4, -0.2) is 105 Å². The van der Waals surface area contributed by atoms with Gasteiger partial charge in [-0.05, 0) is 73.4 Å². The van der Waals surface area contributed by atoms with Crippen LogP contribution >= 0.6 is 24.0 Å². The number of ether oxygens (including phenoxy) is 2. The second-order valence-electron chi connectivity index (χ2n) is 10.1. The largest absolute Gasteiger partial charge is 0.444 e. The first-order valence-corrected chi connectivity index (χ1v) is 11.8. The minimum Gasteiger partial charge on any atom is -0.444 e. The summed E-state index contributed by atoms with van der Waals surface area (Å²) >= 11 is 0. The van der Waals surface area contributed by atoms with Crippen molar-refractivity contribution in [2.45, 2.75) is 64.5 Å². The van der Waals surface area contributed by atoms with Gasteiger partial charge in [-0.1, -0.05) is 0 Å². The molecule has 0 bridgehead atoms. The molecule has 0 spiro atoms. The fourth-order valence-corrected chi connectivity index (χ4v) is 4.41. The van der Waals surface area contributed by atoms with Crippen LogP contribution in [0.1, 0.15) is 53.4 Å². The average molecular weight is 568 g/mol. The molecule has 0 aromatic carbocycles. The third-order valence-corrected chi connectivity index (χ3v) is 6.59. The second-order valence-corrected chi connectivity index (χ2v) is 10.1. The Morgan fingerprint density at radius 1 is 1.22 bits per heavy atom. The number of carbonyl (C=O) groups is 1. The molecule has 2 saturated heterocycles. The Hall–Kier alpha value is -0.810. The molecule has 2 heterocycles. The Kier molecular flexibility index (Phi) is 12.0. The van der Waals surface area contributed by atoms with Gasteiger partial charge in [-0.15, -0.1) is 24.0 Å². The molecule has 32 heavy (non-hydrogen) atoms. The second kappa shape index (κ2) is 13.2. The summed E-state index contributed by atoms with van der Waals surface area (Å²) in [6.07, 6.45) is 3.95. The van der Waals surface area contributed by atoms with Crippen molar-refractivity contribution in [3.8, 4) is 0 Å². The number of likely N-dealkylation sites (N-methyl/N-ethyl adjacent to an activating group) is 1. The monoisotopic (exact) mass is 567 g/mol. The minimum absolute atomic E-state index is 0. The molecule has 0 aromatic heterocycles. The molecule has 0 aliphatic carbocycles. The highest BCUT2D eigenvalue weighted by Crippen LogP contribution is 2.25. The van der Waals surface area contributed by atoms with Gasteiger partial charge in [-0.2, -0.15) is 0 Å². The first-order valence-electron chi connectivity index (χ1n) is 11.8. The highest BCUT2D eigenvalue weighted by atomic mass is 127. The molecule has 2 aliphatic rings. The van der Waals surface area contributed by atoms with E-state index in [-0.39, 0.29) is 35.6 Å².